The summed E-state index contributed by atoms with van der Waals surface area (Å²) in [5.41, 5.74) is 0. The minimum absolute atomic E-state index is 0.245. The third kappa shape index (κ3) is 1.60. The lowest BCUT2D eigenvalue weighted by Crippen LogP contribution is -1.68. The van der Waals surface area contributed by atoms with E-state index in [4.69, 9.17) is 24.6 Å². The van der Waals surface area contributed by atoms with Crippen LogP contribution in [-0.2, 0) is 0 Å². The maximum absolute atomic E-state index is 7.22. The Morgan fingerprint density at radius 3 is 2.78 bits per heavy atom. The molecule has 0 fully saturated rings. The largest absolute Gasteiger partial charge is 0.0827 e. The van der Waals surface area contributed by atoms with Crippen molar-refractivity contribution in [3.63, 3.8) is 0 Å². The summed E-state index contributed by atoms with van der Waals surface area (Å²) in [7, 11) is 0. The van der Waals surface area contributed by atoms with Gasteiger partial charge in [-0.25, -0.2) is 0 Å². The van der Waals surface area contributed by atoms with Crippen molar-refractivity contribution < 1.29 is 1.37 Å². The first-order chi connectivity index (χ1) is 4.63. The summed E-state index contributed by atoms with van der Waals surface area (Å²) >= 11 is 14.5. The fourth-order valence-electron chi connectivity index (χ4n) is 0.429. The predicted octanol–water partition coefficient (Wildman–Crippen LogP) is 3.76. The van der Waals surface area contributed by atoms with Crippen LogP contribution in [0, 0.1) is 0 Å². The number of hydrogen-bond donors (Lipinski definition) is 0. The second-order valence-electron chi connectivity index (χ2n) is 1.45. The van der Waals surface area contributed by atoms with Gasteiger partial charge in [0.1, 0.15) is 0 Å². The monoisotopic (exact) mass is 225 g/mol. The predicted molar refractivity (Wildman–Crippen MR) is 44.2 cm³/mol. The van der Waals surface area contributed by atoms with Crippen LogP contribution in [-0.4, -0.2) is 0 Å². The van der Waals surface area contributed by atoms with E-state index in [0.717, 1.165) is 4.47 Å². The Labute approximate surface area is 73.3 Å². The third-order valence-corrected chi connectivity index (χ3v) is 2.52. The molecular weight excluding hydrogens is 223 g/mol. The minimum Gasteiger partial charge on any atom is -0.0827 e. The van der Waals surface area contributed by atoms with E-state index in [2.05, 4.69) is 15.9 Å². The molecule has 0 aliphatic carbocycles. The average molecular weight is 227 g/mol. The molecule has 0 heterocycles. The molecule has 0 spiro atoms. The molecule has 0 aliphatic heterocycles. The first kappa shape index (κ1) is 6.02. The van der Waals surface area contributed by atoms with Crippen LogP contribution >= 0.6 is 39.1 Å². The number of rotatable bonds is 0. The summed E-state index contributed by atoms with van der Waals surface area (Å²) < 4.78 is 7.94. The lowest BCUT2D eigenvalue weighted by Gasteiger charge is -1.94. The Hall–Kier alpha value is 0.280. The molecule has 1 aromatic rings. The Balaban J connectivity index is 3.34. The summed E-state index contributed by atoms with van der Waals surface area (Å²) in [5.74, 6) is 0. The molecule has 0 atom stereocenters. The van der Waals surface area contributed by atoms with Crippen LogP contribution in [0.2, 0.25) is 10.0 Å². The van der Waals surface area contributed by atoms with Gasteiger partial charge in [-0.3, -0.25) is 0 Å². The van der Waals surface area contributed by atoms with Crippen LogP contribution in [0.3, 0.4) is 0 Å². The van der Waals surface area contributed by atoms with Gasteiger partial charge in [-0.1, -0.05) is 29.3 Å². The SMILES string of the molecule is [2H]c1ccc(Br)c(Cl)c1Cl. The van der Waals surface area contributed by atoms with Crippen molar-refractivity contribution in [2.75, 3.05) is 0 Å². The van der Waals surface area contributed by atoms with E-state index in [-0.39, 0.29) is 11.1 Å². The van der Waals surface area contributed by atoms with E-state index < -0.39 is 0 Å². The minimum atomic E-state index is 0.245. The zero-order valence-electron chi connectivity index (χ0n) is 5.29. The molecular formula is C6H3BrCl2. The van der Waals surface area contributed by atoms with Gasteiger partial charge >= 0.3 is 0 Å². The van der Waals surface area contributed by atoms with Gasteiger partial charge in [-0.15, -0.1) is 0 Å². The molecule has 0 radical (unpaired) electrons. The van der Waals surface area contributed by atoms with Crippen LogP contribution in [0.15, 0.2) is 22.6 Å². The molecule has 0 unspecified atom stereocenters. The van der Waals surface area contributed by atoms with Gasteiger partial charge in [0.25, 0.3) is 0 Å². The molecule has 0 nitrogen and oxygen atoms in total. The van der Waals surface area contributed by atoms with E-state index in [1.807, 2.05) is 0 Å². The highest BCUT2D eigenvalue weighted by atomic mass is 79.9. The lowest BCUT2D eigenvalue weighted by atomic mass is 10.4. The molecule has 0 aliphatic rings. The van der Waals surface area contributed by atoms with E-state index >= 15 is 0 Å². The Morgan fingerprint density at radius 2 is 2.22 bits per heavy atom. The summed E-state index contributed by atoms with van der Waals surface area (Å²) in [6.45, 7) is 0. The van der Waals surface area contributed by atoms with Crippen molar-refractivity contribution in [1.82, 2.24) is 0 Å². The van der Waals surface area contributed by atoms with E-state index in [0.29, 0.717) is 5.02 Å². The highest BCUT2D eigenvalue weighted by Gasteiger charge is 1.98. The zero-order valence-corrected chi connectivity index (χ0v) is 7.39. The average Bonchev–Trinajstić information content (AvgIpc) is 1.93. The van der Waals surface area contributed by atoms with Gasteiger partial charge in [0, 0.05) is 4.47 Å². The molecule has 3 heteroatoms. The molecule has 0 amide bonds. The first-order valence-corrected chi connectivity index (χ1v) is 3.78. The molecule has 0 saturated carbocycles. The molecule has 0 N–H and O–H groups in total. The van der Waals surface area contributed by atoms with Gasteiger partial charge in [0.15, 0.2) is 0 Å². The highest BCUT2D eigenvalue weighted by molar-refractivity contribution is 9.10. The summed E-state index contributed by atoms with van der Waals surface area (Å²) in [5, 5.41) is 0.685. The highest BCUT2D eigenvalue weighted by Crippen LogP contribution is 2.28. The fraction of sp³-hybridized carbons (Fsp3) is 0. The Morgan fingerprint density at radius 1 is 1.56 bits per heavy atom. The molecule has 48 valence electrons. The van der Waals surface area contributed by atoms with Gasteiger partial charge in [-0.2, -0.15) is 0 Å². The van der Waals surface area contributed by atoms with Crippen LogP contribution in [0.4, 0.5) is 0 Å². The van der Waals surface area contributed by atoms with Crippen LogP contribution < -0.4 is 0 Å². The molecule has 0 bridgehead atoms. The Bertz CT molecular complexity index is 235. The van der Waals surface area contributed by atoms with E-state index in [1.54, 1.807) is 12.1 Å². The lowest BCUT2D eigenvalue weighted by molar-refractivity contribution is 1.65. The van der Waals surface area contributed by atoms with Gasteiger partial charge in [-0.05, 0) is 28.0 Å². The number of halogens is 3. The third-order valence-electron chi connectivity index (χ3n) is 0.842. The molecule has 0 aromatic heterocycles. The summed E-state index contributed by atoms with van der Waals surface area (Å²) in [6, 6.07) is 3.52. The normalized spacial score (nSPS) is 11.2. The van der Waals surface area contributed by atoms with Crippen molar-refractivity contribution in [2.24, 2.45) is 0 Å². The van der Waals surface area contributed by atoms with Crippen molar-refractivity contribution in [2.45, 2.75) is 0 Å². The van der Waals surface area contributed by atoms with Gasteiger partial charge in [0.2, 0.25) is 0 Å². The van der Waals surface area contributed by atoms with E-state index in [1.165, 1.54) is 0 Å². The number of benzene rings is 1. The van der Waals surface area contributed by atoms with Gasteiger partial charge in [0.05, 0.1) is 11.4 Å². The second kappa shape index (κ2) is 2.91. The fourth-order valence-corrected chi connectivity index (χ4v) is 1.16. The summed E-state index contributed by atoms with van der Waals surface area (Å²) in [4.78, 5) is 0. The first-order valence-electron chi connectivity index (χ1n) is 2.73. The smallest absolute Gasteiger partial charge is 0.0734 e. The molecule has 9 heavy (non-hydrogen) atoms. The molecule has 1 rings (SSSR count). The van der Waals surface area contributed by atoms with Gasteiger partial charge < -0.3 is 0 Å². The topological polar surface area (TPSA) is 0 Å². The Kier molecular flexibility index (Phi) is 1.95. The summed E-state index contributed by atoms with van der Waals surface area (Å²) in [6.07, 6.45) is 0. The number of hydrogen-bond acceptors (Lipinski definition) is 0. The second-order valence-corrected chi connectivity index (χ2v) is 3.06. The van der Waals surface area contributed by atoms with Crippen LogP contribution in [0.25, 0.3) is 0 Å². The molecule has 0 saturated heterocycles. The van der Waals surface area contributed by atoms with Crippen molar-refractivity contribution in [3.8, 4) is 0 Å². The quantitative estimate of drug-likeness (QED) is 0.592. The zero-order chi connectivity index (χ0) is 7.72. The van der Waals surface area contributed by atoms with Crippen LogP contribution in [0.5, 0.6) is 0 Å². The van der Waals surface area contributed by atoms with Crippen molar-refractivity contribution in [3.05, 3.63) is 32.7 Å². The van der Waals surface area contributed by atoms with Crippen molar-refractivity contribution in [1.29, 1.82) is 0 Å². The van der Waals surface area contributed by atoms with Crippen molar-refractivity contribution >= 4 is 39.1 Å². The van der Waals surface area contributed by atoms with E-state index in [9.17, 15) is 0 Å². The standard InChI is InChI=1S/C6H3BrCl2/c7-4-2-1-3-5(8)6(4)9/h1-3H/i3D. The maximum Gasteiger partial charge on any atom is 0.0734 e. The van der Waals surface area contributed by atoms with Crippen LogP contribution in [0.1, 0.15) is 1.37 Å². The molecule has 1 aromatic carbocycles. The maximum atomic E-state index is 7.22.